The van der Waals surface area contributed by atoms with E-state index < -0.39 is 64.7 Å². The van der Waals surface area contributed by atoms with Gasteiger partial charge in [-0.25, -0.2) is 4.98 Å². The van der Waals surface area contributed by atoms with E-state index in [2.05, 4.69) is 20.9 Å². The molecule has 4 aliphatic rings. The van der Waals surface area contributed by atoms with Crippen LogP contribution in [0.1, 0.15) is 30.0 Å². The molecule has 2 aromatic rings. The van der Waals surface area contributed by atoms with Crippen LogP contribution in [0.25, 0.3) is 0 Å². The number of benzene rings is 1. The van der Waals surface area contributed by atoms with Gasteiger partial charge in [-0.2, -0.15) is 18.2 Å². The maximum absolute atomic E-state index is 14.2. The van der Waals surface area contributed by atoms with E-state index in [9.17, 15) is 37.5 Å². The Morgan fingerprint density at radius 2 is 1.72 bits per heavy atom. The molecule has 0 spiro atoms. The first kappa shape index (κ1) is 31.8. The lowest BCUT2D eigenvalue weighted by atomic mass is 9.59. The van der Waals surface area contributed by atoms with Crippen LogP contribution < -0.4 is 14.5 Å². The van der Waals surface area contributed by atoms with Crippen LogP contribution in [0, 0.1) is 17.8 Å². The Bertz CT molecular complexity index is 1810. The van der Waals surface area contributed by atoms with E-state index in [1.54, 1.807) is 6.08 Å². The van der Waals surface area contributed by atoms with E-state index in [0.717, 1.165) is 16.1 Å². The van der Waals surface area contributed by atoms with E-state index in [1.807, 2.05) is 0 Å². The fourth-order valence-electron chi connectivity index (χ4n) is 6.94. The minimum absolute atomic E-state index is 0.0277. The summed E-state index contributed by atoms with van der Waals surface area (Å²) in [5, 5.41) is 11.8. The number of imide groups is 1. The number of fused-ring (bicyclic) bond motifs is 3. The van der Waals surface area contributed by atoms with Gasteiger partial charge < -0.3 is 14.6 Å². The highest BCUT2D eigenvalue weighted by Crippen LogP contribution is 2.58. The Hall–Kier alpha value is -4.17. The molecule has 0 saturated carbocycles. The van der Waals surface area contributed by atoms with Crippen LogP contribution >= 0.6 is 27.5 Å². The van der Waals surface area contributed by atoms with Crippen molar-refractivity contribution in [1.29, 1.82) is 0 Å². The molecule has 1 aromatic heterocycles. The van der Waals surface area contributed by atoms with Crippen LogP contribution in [0.5, 0.6) is 17.2 Å². The number of phenolic OH excluding ortho intramolecular Hbond substituents is 1. The van der Waals surface area contributed by atoms with Crippen molar-refractivity contribution in [2.24, 2.45) is 17.8 Å². The standard InChI is InChI=1S/C31H24BrClF3N3O7/c1-38(28-18(33)6-7-22(37-28)31(34,35)36)39-29(43)14-5-4-13-15(23(14)30(39)44)10-16-24(19(41)11-17(32)27(16)42)25(13)26-20(45-2)8-12(40)9-21(26)46-3/h4,6-9,11,14-15,23,25,40H,5,10H2,1-3H3/t14-,15+,23-,25-/m0/s1. The number of aromatic hydroxyl groups is 1. The van der Waals surface area contributed by atoms with E-state index in [0.29, 0.717) is 17.2 Å². The van der Waals surface area contributed by atoms with Crippen LogP contribution in [-0.4, -0.2) is 59.7 Å². The minimum atomic E-state index is -4.81. The number of nitrogens with zero attached hydrogens (tertiary/aromatic N) is 3. The number of rotatable bonds is 5. The summed E-state index contributed by atoms with van der Waals surface area (Å²) in [6.07, 6.45) is -1.89. The number of hydrogen-bond acceptors (Lipinski definition) is 9. The third-order valence-electron chi connectivity index (χ3n) is 8.85. The summed E-state index contributed by atoms with van der Waals surface area (Å²) in [5.41, 5.74) is -0.0652. The van der Waals surface area contributed by atoms with Gasteiger partial charge in [-0.1, -0.05) is 23.3 Å². The summed E-state index contributed by atoms with van der Waals surface area (Å²) in [6, 6.07) is 4.34. The Balaban J connectivity index is 1.48. The van der Waals surface area contributed by atoms with Gasteiger partial charge >= 0.3 is 6.18 Å². The summed E-state index contributed by atoms with van der Waals surface area (Å²) in [6.45, 7) is 0. The number of Topliss-reactive ketones (excluding diaryl/α,β-unsaturated/α-hetero) is 1. The number of ketones is 2. The zero-order valence-electron chi connectivity index (χ0n) is 24.3. The fourth-order valence-corrected chi connectivity index (χ4v) is 7.61. The van der Waals surface area contributed by atoms with E-state index in [-0.39, 0.29) is 50.7 Å². The molecule has 1 aliphatic heterocycles. The van der Waals surface area contributed by atoms with Crippen molar-refractivity contribution in [3.8, 4) is 17.2 Å². The zero-order chi connectivity index (χ0) is 33.4. The highest BCUT2D eigenvalue weighted by molar-refractivity contribution is 9.12. The number of amides is 2. The number of carbonyl (C=O) groups excluding carboxylic acids is 4. The first-order chi connectivity index (χ1) is 21.7. The number of halogens is 5. The zero-order valence-corrected chi connectivity index (χ0v) is 26.7. The largest absolute Gasteiger partial charge is 0.508 e. The summed E-state index contributed by atoms with van der Waals surface area (Å²) >= 11 is 9.36. The first-order valence-corrected chi connectivity index (χ1v) is 15.1. The predicted octanol–water partition coefficient (Wildman–Crippen LogP) is 5.29. The number of phenols is 1. The SMILES string of the molecule is COc1cc(O)cc(OC)c1[C@H]1C2=CC[C@@H]3C(=O)N(N(C)c4nc(C(F)(F)F)ccc4Cl)C(=O)[C@@H]3[C@@H]2CC2=C1C(=O)C=C(Br)C2=O. The summed E-state index contributed by atoms with van der Waals surface area (Å²) < 4.78 is 51.6. The van der Waals surface area contributed by atoms with Gasteiger partial charge in [0.25, 0.3) is 11.8 Å². The number of hydrazine groups is 1. The van der Waals surface area contributed by atoms with Gasteiger partial charge in [-0.3, -0.25) is 24.2 Å². The average Bonchev–Trinajstić information content (AvgIpc) is 3.27. The Morgan fingerprint density at radius 1 is 1.07 bits per heavy atom. The molecule has 10 nitrogen and oxygen atoms in total. The number of anilines is 1. The number of hydrogen-bond donors (Lipinski definition) is 1. The Labute approximate surface area is 273 Å². The van der Waals surface area contributed by atoms with E-state index in [1.165, 1.54) is 39.5 Å². The molecule has 15 heteroatoms. The maximum Gasteiger partial charge on any atom is 0.433 e. The summed E-state index contributed by atoms with van der Waals surface area (Å²) in [4.78, 5) is 58.7. The number of ether oxygens (including phenoxy) is 2. The lowest BCUT2D eigenvalue weighted by Gasteiger charge is -2.42. The van der Waals surface area contributed by atoms with Gasteiger partial charge in [-0.05, 0) is 46.8 Å². The normalized spacial score (nSPS) is 24.3. The van der Waals surface area contributed by atoms with Crippen LogP contribution in [0.15, 0.2) is 57.6 Å². The van der Waals surface area contributed by atoms with Crippen molar-refractivity contribution in [1.82, 2.24) is 9.99 Å². The number of methoxy groups -OCH3 is 2. The molecule has 0 bridgehead atoms. The van der Waals surface area contributed by atoms with Crippen molar-refractivity contribution < 1.29 is 46.9 Å². The van der Waals surface area contributed by atoms with E-state index in [4.69, 9.17) is 21.1 Å². The summed E-state index contributed by atoms with van der Waals surface area (Å²) in [5.74, 6) is -6.33. The molecule has 4 atom stereocenters. The molecule has 46 heavy (non-hydrogen) atoms. The van der Waals surface area contributed by atoms with Gasteiger partial charge in [0.2, 0.25) is 0 Å². The predicted molar refractivity (Wildman–Crippen MR) is 160 cm³/mol. The quantitative estimate of drug-likeness (QED) is 0.249. The second-order valence-corrected chi connectivity index (χ2v) is 12.4. The number of carbonyl (C=O) groups is 4. The lowest BCUT2D eigenvalue weighted by molar-refractivity contribution is -0.141. The van der Waals surface area contributed by atoms with Gasteiger partial charge in [0.15, 0.2) is 17.4 Å². The monoisotopic (exact) mass is 721 g/mol. The molecule has 1 N–H and O–H groups in total. The van der Waals surface area contributed by atoms with Crippen molar-refractivity contribution in [3.63, 3.8) is 0 Å². The highest BCUT2D eigenvalue weighted by Gasteiger charge is 2.58. The van der Waals surface area contributed by atoms with Crippen molar-refractivity contribution in [2.75, 3.05) is 26.3 Å². The smallest absolute Gasteiger partial charge is 0.433 e. The molecule has 1 aromatic carbocycles. The Kier molecular flexibility index (Phi) is 7.79. The van der Waals surface area contributed by atoms with Crippen LogP contribution in [-0.2, 0) is 25.4 Å². The van der Waals surface area contributed by atoms with Gasteiger partial charge in [-0.15, -0.1) is 0 Å². The average molecular weight is 723 g/mol. The molecule has 1 saturated heterocycles. The van der Waals surface area contributed by atoms with Crippen LogP contribution in [0.2, 0.25) is 5.02 Å². The molecule has 240 valence electrons. The van der Waals surface area contributed by atoms with Gasteiger partial charge in [0, 0.05) is 47.9 Å². The van der Waals surface area contributed by atoms with Crippen LogP contribution in [0.4, 0.5) is 19.0 Å². The maximum atomic E-state index is 14.2. The van der Waals surface area contributed by atoms with Gasteiger partial charge in [0.1, 0.15) is 22.9 Å². The second kappa shape index (κ2) is 11.3. The third kappa shape index (κ3) is 4.80. The van der Waals surface area contributed by atoms with E-state index >= 15 is 0 Å². The van der Waals surface area contributed by atoms with Crippen LogP contribution in [0.3, 0.4) is 0 Å². The molecule has 0 radical (unpaired) electrons. The minimum Gasteiger partial charge on any atom is -0.508 e. The lowest BCUT2D eigenvalue weighted by Crippen LogP contribution is -2.46. The number of allylic oxidation sites excluding steroid dienone is 6. The van der Waals surface area contributed by atoms with Crippen molar-refractivity contribution in [2.45, 2.75) is 24.9 Å². The van der Waals surface area contributed by atoms with Gasteiger partial charge in [0.05, 0.1) is 35.6 Å². The number of aromatic nitrogens is 1. The number of alkyl halides is 3. The molecule has 2 heterocycles. The number of pyridine rings is 1. The third-order valence-corrected chi connectivity index (χ3v) is 9.73. The molecular weight excluding hydrogens is 699 g/mol. The molecule has 0 unspecified atom stereocenters. The molecular formula is C31H24BrClF3N3O7. The molecule has 6 rings (SSSR count). The second-order valence-electron chi connectivity index (χ2n) is 11.2. The topological polar surface area (TPSA) is 126 Å². The highest BCUT2D eigenvalue weighted by atomic mass is 79.9. The molecule has 2 amide bonds. The Morgan fingerprint density at radius 3 is 2.33 bits per heavy atom. The fraction of sp³-hybridized carbons (Fsp3) is 0.323. The van der Waals surface area contributed by atoms with Crippen molar-refractivity contribution in [3.05, 3.63) is 73.9 Å². The molecule has 3 aliphatic carbocycles. The summed E-state index contributed by atoms with van der Waals surface area (Å²) in [7, 11) is 3.95. The molecule has 1 fully saturated rings. The van der Waals surface area contributed by atoms with Crippen molar-refractivity contribution >= 4 is 56.7 Å². The first-order valence-electron chi connectivity index (χ1n) is 13.9.